The van der Waals surface area contributed by atoms with Crippen LogP contribution in [0.15, 0.2) is 53.6 Å². The molecule has 2 N–H and O–H groups in total. The van der Waals surface area contributed by atoms with Crippen LogP contribution in [0.3, 0.4) is 0 Å². The number of nitrogens with one attached hydrogen (secondary N) is 2. The van der Waals surface area contributed by atoms with Gasteiger partial charge in [-0.05, 0) is 29.8 Å². The van der Waals surface area contributed by atoms with E-state index in [0.717, 1.165) is 21.0 Å². The molecule has 1 atom stereocenters. The Morgan fingerprint density at radius 2 is 1.90 bits per heavy atom. The van der Waals surface area contributed by atoms with E-state index in [1.807, 2.05) is 24.3 Å². The summed E-state index contributed by atoms with van der Waals surface area (Å²) in [5.74, 6) is -0.425. The maximum absolute atomic E-state index is 12.4. The van der Waals surface area contributed by atoms with Crippen LogP contribution in [0.1, 0.15) is 16.9 Å². The van der Waals surface area contributed by atoms with Crippen molar-refractivity contribution >= 4 is 68.9 Å². The number of carbonyl (C=O) groups excluding carboxylic acids is 2. The monoisotopic (exact) mass is 463 g/mol. The van der Waals surface area contributed by atoms with Crippen LogP contribution in [0.4, 0.5) is 10.8 Å². The van der Waals surface area contributed by atoms with Crippen molar-refractivity contribution in [3.8, 4) is 0 Å². The van der Waals surface area contributed by atoms with Gasteiger partial charge in [0.2, 0.25) is 11.8 Å². The summed E-state index contributed by atoms with van der Waals surface area (Å²) in [5, 5.41) is 6.81. The van der Waals surface area contributed by atoms with Gasteiger partial charge < -0.3 is 10.6 Å². The maximum atomic E-state index is 12.4. The van der Waals surface area contributed by atoms with Gasteiger partial charge in [-0.3, -0.25) is 9.59 Å². The molecule has 0 saturated carbocycles. The summed E-state index contributed by atoms with van der Waals surface area (Å²) in [6.45, 7) is 0. The van der Waals surface area contributed by atoms with Crippen LogP contribution in [0.5, 0.6) is 0 Å². The van der Waals surface area contributed by atoms with E-state index in [9.17, 15) is 9.59 Å². The zero-order valence-corrected chi connectivity index (χ0v) is 18.1. The van der Waals surface area contributed by atoms with Crippen LogP contribution < -0.4 is 10.6 Å². The Labute approximate surface area is 185 Å². The van der Waals surface area contributed by atoms with Crippen LogP contribution in [0.25, 0.3) is 0 Å². The molecule has 9 heteroatoms. The number of thioether (sulfide) groups is 1. The molecule has 2 amide bonds. The average Bonchev–Trinajstić information content (AvgIpc) is 3.12. The molecule has 0 saturated heterocycles. The minimum Gasteiger partial charge on any atom is -0.324 e. The predicted octanol–water partition coefficient (Wildman–Crippen LogP) is 5.48. The van der Waals surface area contributed by atoms with Crippen molar-refractivity contribution in [1.82, 2.24) is 4.98 Å². The van der Waals surface area contributed by atoms with E-state index >= 15 is 0 Å². The third-order valence-corrected chi connectivity index (χ3v) is 7.19. The summed E-state index contributed by atoms with van der Waals surface area (Å²) in [7, 11) is 0. The Morgan fingerprint density at radius 1 is 1.14 bits per heavy atom. The lowest BCUT2D eigenvalue weighted by molar-refractivity contribution is -0.120. The second-order valence-electron chi connectivity index (χ2n) is 6.35. The van der Waals surface area contributed by atoms with E-state index in [2.05, 4.69) is 15.6 Å². The summed E-state index contributed by atoms with van der Waals surface area (Å²) in [6, 6.07) is 12.9. The number of carbonyl (C=O) groups is 2. The first-order valence-electron chi connectivity index (χ1n) is 8.73. The van der Waals surface area contributed by atoms with Crippen molar-refractivity contribution in [2.45, 2.75) is 23.0 Å². The quantitative estimate of drug-likeness (QED) is 0.525. The lowest BCUT2D eigenvalue weighted by atomic mass is 10.1. The van der Waals surface area contributed by atoms with Crippen LogP contribution >= 0.6 is 46.3 Å². The van der Waals surface area contributed by atoms with Crippen molar-refractivity contribution < 1.29 is 9.59 Å². The molecule has 0 bridgehead atoms. The lowest BCUT2D eigenvalue weighted by Gasteiger charge is -2.23. The summed E-state index contributed by atoms with van der Waals surface area (Å²) >= 11 is 15.2. The first kappa shape index (κ1) is 20.2. The normalized spacial score (nSPS) is 15.5. The lowest BCUT2D eigenvalue weighted by Crippen LogP contribution is -2.32. The number of thiazole rings is 1. The van der Waals surface area contributed by atoms with Gasteiger partial charge in [0.15, 0.2) is 5.13 Å². The fourth-order valence-electron chi connectivity index (χ4n) is 2.89. The molecular formula is C20H15Cl2N3O2S2. The molecule has 29 heavy (non-hydrogen) atoms. The van der Waals surface area contributed by atoms with Crippen molar-refractivity contribution in [1.29, 1.82) is 0 Å². The van der Waals surface area contributed by atoms with Crippen molar-refractivity contribution in [2.24, 2.45) is 0 Å². The van der Waals surface area contributed by atoms with Crippen LogP contribution in [-0.2, 0) is 16.0 Å². The molecule has 1 aromatic heterocycles. The Morgan fingerprint density at radius 3 is 2.69 bits per heavy atom. The standard InChI is InChI=1S/C20H15Cl2N3O2S2/c21-13-4-3-5-14(22)12(13)8-11-10-23-20(28-11)25-18(26)9-17-19(27)24-15-6-1-2-7-16(15)29-17/h1-7,10,17H,8-9H2,(H,24,27)(H,23,25,26)/t17-/m1/s1. The number of halogens is 2. The average molecular weight is 464 g/mol. The maximum Gasteiger partial charge on any atom is 0.238 e. The molecule has 3 aromatic rings. The number of amides is 2. The minimum absolute atomic E-state index is 0.0656. The number of para-hydroxylation sites is 1. The molecular weight excluding hydrogens is 449 g/mol. The third kappa shape index (κ3) is 4.75. The highest BCUT2D eigenvalue weighted by atomic mass is 35.5. The van der Waals surface area contributed by atoms with Gasteiger partial charge >= 0.3 is 0 Å². The van der Waals surface area contributed by atoms with Gasteiger partial charge in [0, 0.05) is 38.9 Å². The van der Waals surface area contributed by atoms with E-state index in [4.69, 9.17) is 23.2 Å². The van der Waals surface area contributed by atoms with E-state index < -0.39 is 5.25 Å². The van der Waals surface area contributed by atoms with Gasteiger partial charge in [-0.25, -0.2) is 4.98 Å². The molecule has 2 heterocycles. The Bertz CT molecular complexity index is 1070. The number of aromatic nitrogens is 1. The van der Waals surface area contributed by atoms with E-state index in [-0.39, 0.29) is 18.2 Å². The number of anilines is 2. The zero-order chi connectivity index (χ0) is 20.4. The summed E-state index contributed by atoms with van der Waals surface area (Å²) in [6.07, 6.45) is 2.29. The van der Waals surface area contributed by atoms with Crippen LogP contribution in [0, 0.1) is 0 Å². The summed E-state index contributed by atoms with van der Waals surface area (Å²) in [5.41, 5.74) is 1.60. The fraction of sp³-hybridized carbons (Fsp3) is 0.150. The highest BCUT2D eigenvalue weighted by Gasteiger charge is 2.29. The SMILES string of the molecule is O=C(C[C@H]1Sc2ccccc2NC1=O)Nc1ncc(Cc2c(Cl)cccc2Cl)s1. The van der Waals surface area contributed by atoms with Gasteiger partial charge in [0.05, 0.1) is 10.9 Å². The number of nitrogens with zero attached hydrogens (tertiary/aromatic N) is 1. The van der Waals surface area contributed by atoms with Gasteiger partial charge in [0.25, 0.3) is 0 Å². The topological polar surface area (TPSA) is 71.1 Å². The van der Waals surface area contributed by atoms with Gasteiger partial charge in [0.1, 0.15) is 0 Å². The smallest absolute Gasteiger partial charge is 0.238 e. The number of benzene rings is 2. The first-order valence-corrected chi connectivity index (χ1v) is 11.2. The largest absolute Gasteiger partial charge is 0.324 e. The first-order chi connectivity index (χ1) is 14.0. The number of hydrogen-bond donors (Lipinski definition) is 2. The molecule has 5 nitrogen and oxygen atoms in total. The van der Waals surface area contributed by atoms with Crippen molar-refractivity contribution in [3.63, 3.8) is 0 Å². The van der Waals surface area contributed by atoms with Crippen LogP contribution in [0.2, 0.25) is 10.0 Å². The third-order valence-electron chi connectivity index (χ3n) is 4.29. The van der Waals surface area contributed by atoms with E-state index in [1.165, 1.54) is 23.1 Å². The molecule has 0 unspecified atom stereocenters. The Kier molecular flexibility index (Phi) is 6.10. The summed E-state index contributed by atoms with van der Waals surface area (Å²) in [4.78, 5) is 30.8. The summed E-state index contributed by atoms with van der Waals surface area (Å²) < 4.78 is 0. The molecule has 148 valence electrons. The fourth-order valence-corrected chi connectivity index (χ4v) is 5.37. The molecule has 0 aliphatic carbocycles. The number of hydrogen-bond acceptors (Lipinski definition) is 5. The molecule has 0 radical (unpaired) electrons. The molecule has 0 spiro atoms. The van der Waals surface area contributed by atoms with Gasteiger partial charge in [-0.15, -0.1) is 23.1 Å². The molecule has 4 rings (SSSR count). The van der Waals surface area contributed by atoms with E-state index in [1.54, 1.807) is 24.4 Å². The zero-order valence-electron chi connectivity index (χ0n) is 14.9. The van der Waals surface area contributed by atoms with E-state index in [0.29, 0.717) is 21.6 Å². The highest BCUT2D eigenvalue weighted by Crippen LogP contribution is 2.37. The van der Waals surface area contributed by atoms with Crippen LogP contribution in [-0.4, -0.2) is 22.0 Å². The second kappa shape index (κ2) is 8.75. The van der Waals surface area contributed by atoms with Gasteiger partial charge in [-0.2, -0.15) is 0 Å². The second-order valence-corrected chi connectivity index (χ2v) is 9.53. The molecule has 1 aliphatic rings. The molecule has 2 aromatic carbocycles. The molecule has 0 fully saturated rings. The minimum atomic E-state index is -0.480. The van der Waals surface area contributed by atoms with Gasteiger partial charge in [-0.1, -0.05) is 41.4 Å². The number of rotatable bonds is 5. The Hall–Kier alpha value is -2.06. The molecule has 1 aliphatic heterocycles. The van der Waals surface area contributed by atoms with Crippen molar-refractivity contribution in [2.75, 3.05) is 10.6 Å². The highest BCUT2D eigenvalue weighted by molar-refractivity contribution is 8.01. The predicted molar refractivity (Wildman–Crippen MR) is 119 cm³/mol. The Balaban J connectivity index is 1.38. The number of fused-ring (bicyclic) bond motifs is 1. The van der Waals surface area contributed by atoms with Crippen molar-refractivity contribution in [3.05, 3.63) is 69.1 Å².